The van der Waals surface area contributed by atoms with Gasteiger partial charge in [0, 0.05) is 42.2 Å². The maximum atomic E-state index is 4.66. The first-order chi connectivity index (χ1) is 11.5. The smallest absolute Gasteiger partial charge is 0.191 e. The lowest BCUT2D eigenvalue weighted by Gasteiger charge is -2.10. The maximum Gasteiger partial charge on any atom is 0.191 e. The molecule has 0 amide bonds. The Morgan fingerprint density at radius 1 is 1.00 bits per heavy atom. The first-order valence-corrected chi connectivity index (χ1v) is 10.0. The van der Waals surface area contributed by atoms with Crippen LogP contribution in [0.5, 0.6) is 0 Å². The average Bonchev–Trinajstić information content (AvgIpc) is 3.01. The van der Waals surface area contributed by atoms with E-state index in [1.807, 2.05) is 0 Å². The normalized spacial score (nSPS) is 11.8. The molecule has 2 aromatic rings. The molecule has 24 heavy (non-hydrogen) atoms. The third-order valence-corrected chi connectivity index (χ3v) is 5.92. The van der Waals surface area contributed by atoms with Gasteiger partial charge in [0.1, 0.15) is 0 Å². The molecular formula is C17H27N5S2. The summed E-state index contributed by atoms with van der Waals surface area (Å²) in [7, 11) is 0. The van der Waals surface area contributed by atoms with Crippen molar-refractivity contribution in [3.05, 3.63) is 31.2 Å². The summed E-state index contributed by atoms with van der Waals surface area (Å²) in [5.74, 6) is 0.876. The van der Waals surface area contributed by atoms with Gasteiger partial charge in [0.15, 0.2) is 5.96 Å². The number of aryl methyl sites for hydroxylation is 4. The number of nitrogens with zero attached hydrogens (tertiary/aromatic N) is 3. The topological polar surface area (TPSA) is 62.2 Å². The van der Waals surface area contributed by atoms with Crippen LogP contribution in [0.1, 0.15) is 38.1 Å². The van der Waals surface area contributed by atoms with E-state index < -0.39 is 0 Å². The predicted octanol–water partition coefficient (Wildman–Crippen LogP) is 3.17. The van der Waals surface area contributed by atoms with Crippen molar-refractivity contribution in [2.45, 2.75) is 47.5 Å². The molecule has 0 spiro atoms. The van der Waals surface area contributed by atoms with Crippen LogP contribution in [0.4, 0.5) is 0 Å². The Balaban J connectivity index is 1.82. The SMILES string of the molecule is CCNC(=NCCc1nc(C)c(C)s1)NCCc1sc(C)nc1C. The summed E-state index contributed by atoms with van der Waals surface area (Å²) >= 11 is 3.55. The van der Waals surface area contributed by atoms with Crippen molar-refractivity contribution < 1.29 is 0 Å². The number of aliphatic imine (C=N–C) groups is 1. The van der Waals surface area contributed by atoms with E-state index in [0.717, 1.165) is 54.8 Å². The number of hydrogen-bond acceptors (Lipinski definition) is 5. The van der Waals surface area contributed by atoms with Crippen LogP contribution in [-0.2, 0) is 12.8 Å². The highest BCUT2D eigenvalue weighted by atomic mass is 32.1. The molecule has 0 saturated heterocycles. The monoisotopic (exact) mass is 365 g/mol. The van der Waals surface area contributed by atoms with E-state index >= 15 is 0 Å². The molecule has 5 nitrogen and oxygen atoms in total. The van der Waals surface area contributed by atoms with Crippen molar-refractivity contribution in [1.29, 1.82) is 0 Å². The van der Waals surface area contributed by atoms with Crippen LogP contribution in [-0.4, -0.2) is 35.6 Å². The Morgan fingerprint density at radius 2 is 1.79 bits per heavy atom. The Hall–Kier alpha value is -1.47. The lowest BCUT2D eigenvalue weighted by atomic mass is 10.3. The molecule has 132 valence electrons. The van der Waals surface area contributed by atoms with Crippen LogP contribution >= 0.6 is 22.7 Å². The first kappa shape index (κ1) is 18.9. The molecule has 0 atom stereocenters. The Morgan fingerprint density at radius 3 is 2.38 bits per heavy atom. The highest BCUT2D eigenvalue weighted by molar-refractivity contribution is 7.11. The second kappa shape index (κ2) is 9.13. The average molecular weight is 366 g/mol. The zero-order valence-corrected chi connectivity index (χ0v) is 16.8. The molecule has 2 rings (SSSR count). The van der Waals surface area contributed by atoms with Crippen LogP contribution < -0.4 is 10.6 Å². The zero-order chi connectivity index (χ0) is 17.5. The van der Waals surface area contributed by atoms with E-state index in [4.69, 9.17) is 0 Å². The molecule has 0 aliphatic rings. The third kappa shape index (κ3) is 5.56. The van der Waals surface area contributed by atoms with Crippen molar-refractivity contribution in [3.63, 3.8) is 0 Å². The summed E-state index contributed by atoms with van der Waals surface area (Å²) in [4.78, 5) is 16.4. The fourth-order valence-corrected chi connectivity index (χ4v) is 4.21. The van der Waals surface area contributed by atoms with Gasteiger partial charge in [-0.25, -0.2) is 9.97 Å². The van der Waals surface area contributed by atoms with Gasteiger partial charge in [-0.2, -0.15) is 0 Å². The fourth-order valence-electron chi connectivity index (χ4n) is 2.35. The third-order valence-electron chi connectivity index (χ3n) is 3.66. The van der Waals surface area contributed by atoms with E-state index in [2.05, 4.69) is 60.2 Å². The molecule has 0 bridgehead atoms. The molecule has 0 saturated carbocycles. The van der Waals surface area contributed by atoms with Gasteiger partial charge in [-0.3, -0.25) is 4.99 Å². The van der Waals surface area contributed by atoms with E-state index in [-0.39, 0.29) is 0 Å². The number of guanidine groups is 1. The van der Waals surface area contributed by atoms with Gasteiger partial charge in [-0.1, -0.05) is 0 Å². The van der Waals surface area contributed by atoms with Gasteiger partial charge < -0.3 is 10.6 Å². The molecule has 0 radical (unpaired) electrons. The predicted molar refractivity (Wildman–Crippen MR) is 105 cm³/mol. The number of hydrogen-bond donors (Lipinski definition) is 2. The van der Waals surface area contributed by atoms with Crippen molar-refractivity contribution in [3.8, 4) is 0 Å². The van der Waals surface area contributed by atoms with Crippen LogP contribution in [0.15, 0.2) is 4.99 Å². The molecule has 0 unspecified atom stereocenters. The molecular weight excluding hydrogens is 338 g/mol. The summed E-state index contributed by atoms with van der Waals surface area (Å²) in [5, 5.41) is 9.01. The van der Waals surface area contributed by atoms with Crippen LogP contribution in [0.3, 0.4) is 0 Å². The number of rotatable bonds is 7. The van der Waals surface area contributed by atoms with Crippen molar-refractivity contribution in [1.82, 2.24) is 20.6 Å². The Kier molecular flexibility index (Phi) is 7.17. The van der Waals surface area contributed by atoms with Crippen LogP contribution in [0.25, 0.3) is 0 Å². The summed E-state index contributed by atoms with van der Waals surface area (Å²) in [6.07, 6.45) is 1.87. The molecule has 0 aliphatic carbocycles. The summed E-state index contributed by atoms with van der Waals surface area (Å²) < 4.78 is 0. The second-order valence-electron chi connectivity index (χ2n) is 5.68. The van der Waals surface area contributed by atoms with Gasteiger partial charge in [-0.15, -0.1) is 22.7 Å². The van der Waals surface area contributed by atoms with Crippen LogP contribution in [0, 0.1) is 27.7 Å². The molecule has 0 aromatic carbocycles. The fraction of sp³-hybridized carbons (Fsp3) is 0.588. The lowest BCUT2D eigenvalue weighted by Crippen LogP contribution is -2.38. The minimum Gasteiger partial charge on any atom is -0.357 e. The number of aromatic nitrogens is 2. The second-order valence-corrected chi connectivity index (χ2v) is 8.25. The molecule has 2 N–H and O–H groups in total. The minimum atomic E-state index is 0.750. The standard InChI is InChI=1S/C17H27N5S2/c1-6-18-17(19-9-7-15-12(3)21-14(5)24-15)20-10-8-16-22-11(2)13(4)23-16/h6-10H2,1-5H3,(H2,18,19,20). The van der Waals surface area contributed by atoms with Gasteiger partial charge >= 0.3 is 0 Å². The number of nitrogens with one attached hydrogen (secondary N) is 2. The zero-order valence-electron chi connectivity index (χ0n) is 15.2. The van der Waals surface area contributed by atoms with Gasteiger partial charge in [-0.05, 0) is 34.6 Å². The molecule has 0 aliphatic heterocycles. The summed E-state index contributed by atoms with van der Waals surface area (Å²) in [6.45, 7) is 12.9. The van der Waals surface area contributed by atoms with Crippen molar-refractivity contribution in [2.24, 2.45) is 4.99 Å². The van der Waals surface area contributed by atoms with Crippen LogP contribution in [0.2, 0.25) is 0 Å². The maximum absolute atomic E-state index is 4.66. The lowest BCUT2D eigenvalue weighted by molar-refractivity contribution is 0.797. The largest absolute Gasteiger partial charge is 0.357 e. The summed E-state index contributed by atoms with van der Waals surface area (Å²) in [5.41, 5.74) is 2.29. The van der Waals surface area contributed by atoms with Gasteiger partial charge in [0.05, 0.1) is 21.4 Å². The van der Waals surface area contributed by atoms with Crippen molar-refractivity contribution in [2.75, 3.05) is 19.6 Å². The molecule has 7 heteroatoms. The number of thiazole rings is 2. The van der Waals surface area contributed by atoms with Gasteiger partial charge in [0.25, 0.3) is 0 Å². The highest BCUT2D eigenvalue weighted by Gasteiger charge is 2.06. The van der Waals surface area contributed by atoms with Gasteiger partial charge in [0.2, 0.25) is 0 Å². The van der Waals surface area contributed by atoms with E-state index in [1.165, 1.54) is 14.8 Å². The van der Waals surface area contributed by atoms with Crippen molar-refractivity contribution >= 4 is 28.6 Å². The quantitative estimate of drug-likeness (QED) is 0.584. The minimum absolute atomic E-state index is 0.750. The highest BCUT2D eigenvalue weighted by Crippen LogP contribution is 2.17. The Labute approximate surface area is 152 Å². The van der Waals surface area contributed by atoms with E-state index in [9.17, 15) is 0 Å². The molecule has 2 heterocycles. The molecule has 0 fully saturated rings. The summed E-state index contributed by atoms with van der Waals surface area (Å²) in [6, 6.07) is 0. The van der Waals surface area contributed by atoms with E-state index in [0.29, 0.717) is 0 Å². The Bertz CT molecular complexity index is 668. The van der Waals surface area contributed by atoms with E-state index in [1.54, 1.807) is 22.7 Å². The molecule has 2 aromatic heterocycles. The first-order valence-electron chi connectivity index (χ1n) is 8.37.